The van der Waals surface area contributed by atoms with Gasteiger partial charge in [-0.1, -0.05) is 18.7 Å². The Morgan fingerprint density at radius 3 is 2.86 bits per heavy atom. The van der Waals surface area contributed by atoms with Crippen LogP contribution in [-0.2, 0) is 4.79 Å². The minimum absolute atomic E-state index is 0.00462. The van der Waals surface area contributed by atoms with Crippen LogP contribution >= 0.6 is 11.3 Å². The van der Waals surface area contributed by atoms with E-state index in [1.807, 2.05) is 45.0 Å². The van der Waals surface area contributed by atoms with Crippen LogP contribution in [0, 0.1) is 16.7 Å². The maximum absolute atomic E-state index is 12.6. The molecule has 182 valence electrons. The summed E-state index contributed by atoms with van der Waals surface area (Å²) < 4.78 is 5.77. The summed E-state index contributed by atoms with van der Waals surface area (Å²) in [5, 5.41) is 18.9. The zero-order chi connectivity index (χ0) is 25.2. The first kappa shape index (κ1) is 25.0. The molecule has 0 bridgehead atoms. The third-order valence-corrected chi connectivity index (χ3v) is 8.01. The highest BCUT2D eigenvalue weighted by Crippen LogP contribution is 2.54. The summed E-state index contributed by atoms with van der Waals surface area (Å²) in [6.45, 7) is 11.4. The Kier molecular flexibility index (Phi) is 7.30. The van der Waals surface area contributed by atoms with Gasteiger partial charge in [-0.25, -0.2) is 0 Å². The lowest BCUT2D eigenvalue weighted by Gasteiger charge is -2.25. The number of ether oxygens (including phenoxy) is 1. The number of hydrogen-bond acceptors (Lipinski definition) is 5. The van der Waals surface area contributed by atoms with Gasteiger partial charge in [0, 0.05) is 34.7 Å². The van der Waals surface area contributed by atoms with Crippen LogP contribution < -0.4 is 4.74 Å². The molecule has 1 N–H and O–H groups in total. The Labute approximate surface area is 211 Å². The van der Waals surface area contributed by atoms with Crippen LogP contribution in [0.3, 0.4) is 0 Å². The second-order valence-electron chi connectivity index (χ2n) is 9.52. The van der Waals surface area contributed by atoms with Crippen molar-refractivity contribution in [2.45, 2.75) is 46.1 Å². The number of nitriles is 1. The van der Waals surface area contributed by atoms with Gasteiger partial charge in [-0.15, -0.1) is 11.3 Å². The maximum atomic E-state index is 12.6. The predicted molar refractivity (Wildman–Crippen MR) is 141 cm³/mol. The molecule has 2 aliphatic rings. The van der Waals surface area contributed by atoms with Gasteiger partial charge in [0.1, 0.15) is 11.8 Å². The number of β-amino-alcohol motifs (C(OH)–C–C–N with tert-alkyl or cyclic N) is 1. The van der Waals surface area contributed by atoms with E-state index in [4.69, 9.17) is 4.74 Å². The van der Waals surface area contributed by atoms with Crippen molar-refractivity contribution < 1.29 is 14.6 Å². The number of aliphatic hydroxyl groups is 1. The third kappa shape index (κ3) is 4.84. The SMILES string of the molecule is C=C1/C(=C(\C=C/C)c2ccc(-c3ccc(OC(C)C)c(C#N)c3)s2)CC[C@@]12CC(=O)N(CCO)C2. The summed E-state index contributed by atoms with van der Waals surface area (Å²) in [4.78, 5) is 16.5. The average molecular weight is 489 g/mol. The Morgan fingerprint density at radius 1 is 1.37 bits per heavy atom. The lowest BCUT2D eigenvalue weighted by Crippen LogP contribution is -2.30. The molecule has 2 fully saturated rings. The molecule has 35 heavy (non-hydrogen) atoms. The smallest absolute Gasteiger partial charge is 0.223 e. The monoisotopic (exact) mass is 488 g/mol. The van der Waals surface area contributed by atoms with E-state index in [9.17, 15) is 15.2 Å². The van der Waals surface area contributed by atoms with E-state index < -0.39 is 0 Å². The fourth-order valence-electron chi connectivity index (χ4n) is 5.15. The van der Waals surface area contributed by atoms with Gasteiger partial charge in [0.05, 0.1) is 18.3 Å². The van der Waals surface area contributed by atoms with Crippen LogP contribution in [0.4, 0.5) is 0 Å². The molecule has 2 heterocycles. The number of rotatable bonds is 7. The molecule has 1 atom stereocenters. The van der Waals surface area contributed by atoms with E-state index in [0.29, 0.717) is 30.8 Å². The van der Waals surface area contributed by atoms with E-state index in [2.05, 4.69) is 30.9 Å². The predicted octanol–water partition coefficient (Wildman–Crippen LogP) is 5.96. The zero-order valence-corrected chi connectivity index (χ0v) is 21.5. The number of hydrogen-bond donors (Lipinski definition) is 1. The van der Waals surface area contributed by atoms with Crippen molar-refractivity contribution in [2.24, 2.45) is 5.41 Å². The van der Waals surface area contributed by atoms with Crippen molar-refractivity contribution in [2.75, 3.05) is 19.7 Å². The normalized spacial score (nSPS) is 21.5. The second-order valence-corrected chi connectivity index (χ2v) is 10.6. The number of carbonyl (C=O) groups is 1. The number of allylic oxidation sites excluding steroid dienone is 4. The van der Waals surface area contributed by atoms with Crippen molar-refractivity contribution in [1.82, 2.24) is 4.90 Å². The standard InChI is InChI=1S/C29H32N2O3S/c1-5-6-24(23-11-12-29(20(23)4)16-28(33)31(18-29)13-14-32)27-10-9-26(35-27)21-7-8-25(34-19(2)3)22(15-21)17-30/h5-10,15,19,32H,4,11-14,16,18H2,1-3H3/b6-5-,24-23+/t29-/m0/s1. The highest BCUT2D eigenvalue weighted by atomic mass is 32.1. The highest BCUT2D eigenvalue weighted by molar-refractivity contribution is 7.16. The Morgan fingerprint density at radius 2 is 2.17 bits per heavy atom. The van der Waals surface area contributed by atoms with Gasteiger partial charge < -0.3 is 14.7 Å². The van der Waals surface area contributed by atoms with Gasteiger partial charge in [0.2, 0.25) is 5.91 Å². The topological polar surface area (TPSA) is 73.6 Å². The summed E-state index contributed by atoms with van der Waals surface area (Å²) >= 11 is 1.69. The first-order chi connectivity index (χ1) is 16.8. The lowest BCUT2D eigenvalue weighted by atomic mass is 9.81. The van der Waals surface area contributed by atoms with E-state index in [-0.39, 0.29) is 24.0 Å². The van der Waals surface area contributed by atoms with Gasteiger partial charge in [-0.3, -0.25) is 4.79 Å². The first-order valence-electron chi connectivity index (χ1n) is 12.1. The molecular weight excluding hydrogens is 456 g/mol. The number of thiophene rings is 1. The van der Waals surface area contributed by atoms with Gasteiger partial charge in [0.25, 0.3) is 0 Å². The molecule has 4 rings (SSSR count). The van der Waals surface area contributed by atoms with Crippen molar-refractivity contribution in [3.8, 4) is 22.3 Å². The summed E-state index contributed by atoms with van der Waals surface area (Å²) in [6, 6.07) is 12.2. The summed E-state index contributed by atoms with van der Waals surface area (Å²) in [6.07, 6.45) is 6.44. The van der Waals surface area contributed by atoms with Crippen LogP contribution in [0.15, 0.2) is 60.2 Å². The van der Waals surface area contributed by atoms with E-state index >= 15 is 0 Å². The average Bonchev–Trinajstić information content (AvgIpc) is 3.52. The maximum Gasteiger partial charge on any atom is 0.223 e. The van der Waals surface area contributed by atoms with E-state index in [1.54, 1.807) is 16.2 Å². The van der Waals surface area contributed by atoms with Crippen LogP contribution in [0.25, 0.3) is 16.0 Å². The zero-order valence-electron chi connectivity index (χ0n) is 20.6. The highest BCUT2D eigenvalue weighted by Gasteiger charge is 2.49. The summed E-state index contributed by atoms with van der Waals surface area (Å²) in [5.41, 5.74) is 4.70. The second kappa shape index (κ2) is 10.2. The van der Waals surface area contributed by atoms with Crippen LogP contribution in [0.2, 0.25) is 0 Å². The van der Waals surface area contributed by atoms with E-state index in [1.165, 1.54) is 5.57 Å². The molecule has 5 nitrogen and oxygen atoms in total. The molecule has 1 aliphatic heterocycles. The largest absolute Gasteiger partial charge is 0.490 e. The number of carbonyl (C=O) groups excluding carboxylic acids is 1. The molecule has 2 aromatic rings. The molecule has 0 radical (unpaired) electrons. The van der Waals surface area contributed by atoms with Crippen molar-refractivity contribution in [3.63, 3.8) is 0 Å². The van der Waals surface area contributed by atoms with Crippen molar-refractivity contribution in [1.29, 1.82) is 5.26 Å². The first-order valence-corrected chi connectivity index (χ1v) is 12.9. The van der Waals surface area contributed by atoms with Crippen LogP contribution in [0.5, 0.6) is 5.75 Å². The molecule has 1 saturated carbocycles. The number of aliphatic hydroxyl groups excluding tert-OH is 1. The number of nitrogens with zero attached hydrogens (tertiary/aromatic N) is 2. The number of benzene rings is 1. The van der Waals surface area contributed by atoms with Crippen LogP contribution in [-0.4, -0.2) is 41.7 Å². The Hall–Kier alpha value is -3.14. The quantitative estimate of drug-likeness (QED) is 0.521. The fraction of sp³-hybridized carbons (Fsp3) is 0.379. The Bertz CT molecular complexity index is 1250. The minimum atomic E-state index is -0.234. The fourth-order valence-corrected chi connectivity index (χ4v) is 6.21. The number of likely N-dealkylation sites (tertiary alicyclic amines) is 1. The van der Waals surface area contributed by atoms with Gasteiger partial charge in [0.15, 0.2) is 0 Å². The molecule has 1 saturated heterocycles. The molecule has 1 amide bonds. The lowest BCUT2D eigenvalue weighted by molar-refractivity contribution is -0.128. The third-order valence-electron chi connectivity index (χ3n) is 6.84. The molecule has 1 spiro atoms. The van der Waals surface area contributed by atoms with Gasteiger partial charge in [-0.2, -0.15) is 5.26 Å². The molecule has 1 aromatic carbocycles. The summed E-state index contributed by atoms with van der Waals surface area (Å²) in [5.74, 6) is 0.708. The Balaban J connectivity index is 1.66. The molecule has 6 heteroatoms. The molecule has 1 aromatic heterocycles. The number of amides is 1. The van der Waals surface area contributed by atoms with Gasteiger partial charge in [-0.05, 0) is 86.2 Å². The summed E-state index contributed by atoms with van der Waals surface area (Å²) in [7, 11) is 0. The van der Waals surface area contributed by atoms with Gasteiger partial charge >= 0.3 is 0 Å². The van der Waals surface area contributed by atoms with Crippen LogP contribution in [0.1, 0.15) is 50.5 Å². The van der Waals surface area contributed by atoms with E-state index in [0.717, 1.165) is 39.3 Å². The van der Waals surface area contributed by atoms with Crippen molar-refractivity contribution in [3.05, 3.63) is 70.6 Å². The minimum Gasteiger partial charge on any atom is -0.490 e. The molecular formula is C29H32N2O3S. The molecule has 0 unspecified atom stereocenters. The van der Waals surface area contributed by atoms with Crippen molar-refractivity contribution >= 4 is 22.8 Å². The molecule has 1 aliphatic carbocycles.